The predicted octanol–water partition coefficient (Wildman–Crippen LogP) is 3.59. The molecule has 3 nitrogen and oxygen atoms in total. The third kappa shape index (κ3) is 5.04. The van der Waals surface area contributed by atoms with Gasteiger partial charge in [0.15, 0.2) is 0 Å². The van der Waals surface area contributed by atoms with Crippen LogP contribution in [0.1, 0.15) is 38.7 Å². The summed E-state index contributed by atoms with van der Waals surface area (Å²) in [5.74, 6) is 1.90. The molecule has 0 aliphatic heterocycles. The van der Waals surface area contributed by atoms with Gasteiger partial charge in [-0.2, -0.15) is 11.8 Å². The molecule has 0 saturated carbocycles. The highest BCUT2D eigenvalue weighted by atomic mass is 32.2. The van der Waals surface area contributed by atoms with E-state index in [0.717, 1.165) is 23.5 Å². The summed E-state index contributed by atoms with van der Waals surface area (Å²) in [6.45, 7) is 4.44. The Kier molecular flexibility index (Phi) is 8.47. The first-order valence-corrected chi connectivity index (χ1v) is 8.86. The summed E-state index contributed by atoms with van der Waals surface area (Å²) in [4.78, 5) is 12.5. The van der Waals surface area contributed by atoms with Crippen molar-refractivity contribution in [1.29, 1.82) is 0 Å². The number of rotatable bonds is 10. The van der Waals surface area contributed by atoms with Gasteiger partial charge in [-0.1, -0.05) is 43.7 Å². The number of carbonyl (C=O) groups is 1. The minimum Gasteiger partial charge on any atom is -0.464 e. The minimum absolute atomic E-state index is 0.185. The molecule has 1 unspecified atom stereocenters. The van der Waals surface area contributed by atoms with Crippen molar-refractivity contribution in [3.05, 3.63) is 35.9 Å². The largest absolute Gasteiger partial charge is 0.464 e. The van der Waals surface area contributed by atoms with Crippen LogP contribution in [-0.4, -0.2) is 31.1 Å². The highest BCUT2D eigenvalue weighted by Crippen LogP contribution is 2.28. The molecule has 1 N–H and O–H groups in total. The standard InChI is InChI=1S/C17H27NO2S/c1-4-6-13-21-14-12-17(18-3,16(19)20-5-2)15-10-8-7-9-11-15/h7-11,18H,4-6,12-14H2,1-3H3. The zero-order valence-corrected chi connectivity index (χ0v) is 14.2. The topological polar surface area (TPSA) is 38.3 Å². The number of ether oxygens (including phenoxy) is 1. The molecule has 0 aromatic heterocycles. The Balaban J connectivity index is 2.85. The Hall–Kier alpha value is -1.00. The maximum Gasteiger partial charge on any atom is 0.331 e. The van der Waals surface area contributed by atoms with Crippen LogP contribution in [-0.2, 0) is 15.1 Å². The van der Waals surface area contributed by atoms with Crippen molar-refractivity contribution in [1.82, 2.24) is 5.32 Å². The van der Waals surface area contributed by atoms with E-state index >= 15 is 0 Å². The number of nitrogens with one attached hydrogen (secondary N) is 1. The van der Waals surface area contributed by atoms with E-state index in [1.54, 1.807) is 0 Å². The van der Waals surface area contributed by atoms with Crippen molar-refractivity contribution in [2.75, 3.05) is 25.2 Å². The Morgan fingerprint density at radius 3 is 2.52 bits per heavy atom. The summed E-state index contributed by atoms with van der Waals surface area (Å²) in [5.41, 5.74) is 0.235. The van der Waals surface area contributed by atoms with Crippen LogP contribution in [0, 0.1) is 0 Å². The summed E-state index contributed by atoms with van der Waals surface area (Å²) >= 11 is 1.90. The van der Waals surface area contributed by atoms with Gasteiger partial charge >= 0.3 is 5.97 Å². The highest BCUT2D eigenvalue weighted by Gasteiger charge is 2.39. The SMILES string of the molecule is CCCCSCCC(NC)(C(=O)OCC)c1ccccc1. The van der Waals surface area contributed by atoms with E-state index in [4.69, 9.17) is 4.74 Å². The second-order valence-corrected chi connectivity index (χ2v) is 6.18. The Labute approximate surface area is 132 Å². The van der Waals surface area contributed by atoms with Crippen molar-refractivity contribution in [2.45, 2.75) is 38.6 Å². The molecule has 0 spiro atoms. The van der Waals surface area contributed by atoms with E-state index < -0.39 is 5.54 Å². The second-order valence-electron chi connectivity index (χ2n) is 4.96. The summed E-state index contributed by atoms with van der Waals surface area (Å²) in [6.07, 6.45) is 3.17. The monoisotopic (exact) mass is 309 g/mol. The van der Waals surface area contributed by atoms with Crippen molar-refractivity contribution in [3.63, 3.8) is 0 Å². The average Bonchev–Trinajstić information content (AvgIpc) is 2.52. The number of thioether (sulfide) groups is 1. The normalized spacial score (nSPS) is 13.7. The van der Waals surface area contributed by atoms with Gasteiger partial charge in [0.05, 0.1) is 6.61 Å². The van der Waals surface area contributed by atoms with Gasteiger partial charge in [-0.15, -0.1) is 0 Å². The number of esters is 1. The smallest absolute Gasteiger partial charge is 0.331 e. The van der Waals surface area contributed by atoms with Crippen LogP contribution in [0.3, 0.4) is 0 Å². The highest BCUT2D eigenvalue weighted by molar-refractivity contribution is 7.99. The molecule has 0 fully saturated rings. The van der Waals surface area contributed by atoms with Crippen LogP contribution in [0.25, 0.3) is 0 Å². The minimum atomic E-state index is -0.740. The van der Waals surface area contributed by atoms with E-state index in [0.29, 0.717) is 6.61 Å². The maximum absolute atomic E-state index is 12.5. The van der Waals surface area contributed by atoms with Crippen LogP contribution in [0.2, 0.25) is 0 Å². The molecule has 1 aromatic carbocycles. The van der Waals surface area contributed by atoms with Gasteiger partial charge in [-0.05, 0) is 43.9 Å². The zero-order valence-electron chi connectivity index (χ0n) is 13.4. The average molecular weight is 309 g/mol. The van der Waals surface area contributed by atoms with Gasteiger partial charge in [0.2, 0.25) is 0 Å². The van der Waals surface area contributed by atoms with Gasteiger partial charge in [-0.3, -0.25) is 0 Å². The Morgan fingerprint density at radius 1 is 1.24 bits per heavy atom. The quantitative estimate of drug-likeness (QED) is 0.529. The predicted molar refractivity (Wildman–Crippen MR) is 90.7 cm³/mol. The van der Waals surface area contributed by atoms with Crippen LogP contribution in [0.5, 0.6) is 0 Å². The van der Waals surface area contributed by atoms with Crippen LogP contribution >= 0.6 is 11.8 Å². The van der Waals surface area contributed by atoms with Crippen molar-refractivity contribution in [2.24, 2.45) is 0 Å². The van der Waals surface area contributed by atoms with Crippen LogP contribution in [0.4, 0.5) is 0 Å². The summed E-state index contributed by atoms with van der Waals surface area (Å²) < 4.78 is 5.32. The Morgan fingerprint density at radius 2 is 1.95 bits per heavy atom. The fraction of sp³-hybridized carbons (Fsp3) is 0.588. The van der Waals surface area contributed by atoms with E-state index in [9.17, 15) is 4.79 Å². The van der Waals surface area contributed by atoms with Crippen molar-refractivity contribution < 1.29 is 9.53 Å². The van der Waals surface area contributed by atoms with Gasteiger partial charge in [0.1, 0.15) is 5.54 Å². The van der Waals surface area contributed by atoms with Gasteiger partial charge in [0.25, 0.3) is 0 Å². The molecule has 0 amide bonds. The molecular formula is C17H27NO2S. The lowest BCUT2D eigenvalue weighted by Crippen LogP contribution is -2.49. The second kappa shape index (κ2) is 9.85. The third-order valence-electron chi connectivity index (χ3n) is 3.58. The molecule has 1 rings (SSSR count). The summed E-state index contributed by atoms with van der Waals surface area (Å²) in [6, 6.07) is 9.87. The van der Waals surface area contributed by atoms with Crippen LogP contribution in [0.15, 0.2) is 30.3 Å². The molecule has 0 bridgehead atoms. The van der Waals surface area contributed by atoms with Gasteiger partial charge in [0, 0.05) is 0 Å². The number of hydrogen-bond acceptors (Lipinski definition) is 4. The van der Waals surface area contributed by atoms with E-state index in [-0.39, 0.29) is 5.97 Å². The summed E-state index contributed by atoms with van der Waals surface area (Å²) in [5, 5.41) is 3.22. The van der Waals surface area contributed by atoms with Gasteiger partial charge < -0.3 is 10.1 Å². The molecule has 0 heterocycles. The first kappa shape index (κ1) is 18.1. The van der Waals surface area contributed by atoms with E-state index in [1.807, 2.05) is 56.1 Å². The lowest BCUT2D eigenvalue weighted by atomic mass is 9.87. The lowest BCUT2D eigenvalue weighted by molar-refractivity contribution is -0.151. The number of unbranched alkanes of at least 4 members (excludes halogenated alkanes) is 1. The maximum atomic E-state index is 12.5. The fourth-order valence-corrected chi connectivity index (χ4v) is 3.43. The van der Waals surface area contributed by atoms with Crippen molar-refractivity contribution >= 4 is 17.7 Å². The molecule has 21 heavy (non-hydrogen) atoms. The van der Waals surface area contributed by atoms with E-state index in [2.05, 4.69) is 12.2 Å². The number of carbonyl (C=O) groups excluding carboxylic acids is 1. The molecule has 0 aliphatic rings. The molecule has 0 aliphatic carbocycles. The van der Waals surface area contributed by atoms with Crippen molar-refractivity contribution in [3.8, 4) is 0 Å². The summed E-state index contributed by atoms with van der Waals surface area (Å²) in [7, 11) is 1.83. The first-order chi connectivity index (χ1) is 10.2. The molecule has 4 heteroatoms. The molecule has 1 aromatic rings. The first-order valence-electron chi connectivity index (χ1n) is 7.70. The molecule has 0 saturated heterocycles. The molecule has 0 radical (unpaired) electrons. The molecular weight excluding hydrogens is 282 g/mol. The Bertz CT molecular complexity index is 411. The number of hydrogen-bond donors (Lipinski definition) is 1. The fourth-order valence-electron chi connectivity index (χ4n) is 2.29. The van der Waals surface area contributed by atoms with Gasteiger partial charge in [-0.25, -0.2) is 4.79 Å². The molecule has 118 valence electrons. The molecule has 1 atom stereocenters. The van der Waals surface area contributed by atoms with Crippen LogP contribution < -0.4 is 5.32 Å². The third-order valence-corrected chi connectivity index (χ3v) is 4.65. The number of likely N-dealkylation sites (N-methyl/N-ethyl adjacent to an activating group) is 1. The lowest BCUT2D eigenvalue weighted by Gasteiger charge is -2.31. The zero-order chi connectivity index (χ0) is 15.6. The van der Waals surface area contributed by atoms with E-state index in [1.165, 1.54) is 12.8 Å². The number of benzene rings is 1.